The molecule has 0 atom stereocenters. The van der Waals surface area contributed by atoms with Crippen LogP contribution in [0.5, 0.6) is 0 Å². The monoisotopic (exact) mass is 290 g/mol. The van der Waals surface area contributed by atoms with Crippen molar-refractivity contribution in [2.75, 3.05) is 11.9 Å². The SMILES string of the molecule is CN(Cc1ccccc1)c1ccc(C(N)=S)cc1Cl. The van der Waals surface area contributed by atoms with Gasteiger partial charge in [-0.15, -0.1) is 0 Å². The fourth-order valence-electron chi connectivity index (χ4n) is 1.91. The smallest absolute Gasteiger partial charge is 0.104 e. The number of nitrogens with two attached hydrogens (primary N) is 1. The van der Waals surface area contributed by atoms with Gasteiger partial charge in [-0.2, -0.15) is 0 Å². The Kier molecular flexibility index (Phi) is 4.40. The summed E-state index contributed by atoms with van der Waals surface area (Å²) in [6, 6.07) is 15.9. The number of benzene rings is 2. The molecule has 2 nitrogen and oxygen atoms in total. The maximum absolute atomic E-state index is 6.28. The van der Waals surface area contributed by atoms with Crippen LogP contribution in [0.4, 0.5) is 5.69 Å². The molecule has 0 saturated carbocycles. The number of anilines is 1. The van der Waals surface area contributed by atoms with Crippen LogP contribution in [0.25, 0.3) is 0 Å². The minimum Gasteiger partial charge on any atom is -0.389 e. The molecule has 2 N–H and O–H groups in total. The molecule has 98 valence electrons. The number of rotatable bonds is 4. The second-order valence-electron chi connectivity index (χ2n) is 4.37. The fraction of sp³-hybridized carbons (Fsp3) is 0.133. The van der Waals surface area contributed by atoms with E-state index >= 15 is 0 Å². The lowest BCUT2D eigenvalue weighted by Gasteiger charge is -2.21. The number of nitrogens with zero attached hydrogens (tertiary/aromatic N) is 1. The van der Waals surface area contributed by atoms with Gasteiger partial charge in [0.1, 0.15) is 4.99 Å². The molecule has 2 aromatic carbocycles. The Labute approximate surface area is 123 Å². The summed E-state index contributed by atoms with van der Waals surface area (Å²) < 4.78 is 0. The predicted molar refractivity (Wildman–Crippen MR) is 85.9 cm³/mol. The van der Waals surface area contributed by atoms with E-state index in [9.17, 15) is 0 Å². The van der Waals surface area contributed by atoms with Gasteiger partial charge in [-0.05, 0) is 23.8 Å². The van der Waals surface area contributed by atoms with Crippen LogP contribution < -0.4 is 10.6 Å². The topological polar surface area (TPSA) is 29.3 Å². The van der Waals surface area contributed by atoms with E-state index in [4.69, 9.17) is 29.6 Å². The summed E-state index contributed by atoms with van der Waals surface area (Å²) in [7, 11) is 2.01. The molecular formula is C15H15ClN2S. The molecule has 0 amide bonds. The van der Waals surface area contributed by atoms with Crippen molar-refractivity contribution in [3.05, 3.63) is 64.7 Å². The summed E-state index contributed by atoms with van der Waals surface area (Å²) >= 11 is 11.2. The fourth-order valence-corrected chi connectivity index (χ4v) is 2.36. The maximum atomic E-state index is 6.28. The van der Waals surface area contributed by atoms with Crippen LogP contribution in [0, 0.1) is 0 Å². The van der Waals surface area contributed by atoms with Crippen molar-refractivity contribution in [1.29, 1.82) is 0 Å². The van der Waals surface area contributed by atoms with E-state index in [0.29, 0.717) is 10.0 Å². The molecule has 0 unspecified atom stereocenters. The van der Waals surface area contributed by atoms with Crippen molar-refractivity contribution >= 4 is 34.5 Å². The number of thiocarbonyl (C=S) groups is 1. The van der Waals surface area contributed by atoms with Crippen molar-refractivity contribution in [2.24, 2.45) is 5.73 Å². The summed E-state index contributed by atoms with van der Waals surface area (Å²) in [5.41, 5.74) is 8.58. The molecule has 0 spiro atoms. The van der Waals surface area contributed by atoms with Gasteiger partial charge in [-0.3, -0.25) is 0 Å². The van der Waals surface area contributed by atoms with E-state index in [0.717, 1.165) is 17.8 Å². The van der Waals surface area contributed by atoms with Crippen molar-refractivity contribution in [3.63, 3.8) is 0 Å². The molecule has 19 heavy (non-hydrogen) atoms. The highest BCUT2D eigenvalue weighted by molar-refractivity contribution is 7.80. The van der Waals surface area contributed by atoms with Crippen LogP contribution >= 0.6 is 23.8 Å². The second-order valence-corrected chi connectivity index (χ2v) is 5.22. The molecular weight excluding hydrogens is 276 g/mol. The highest BCUT2D eigenvalue weighted by atomic mass is 35.5. The number of halogens is 1. The van der Waals surface area contributed by atoms with Crippen LogP contribution in [0.2, 0.25) is 5.02 Å². The molecule has 0 aliphatic carbocycles. The average molecular weight is 291 g/mol. The van der Waals surface area contributed by atoms with Crippen LogP contribution in [0.1, 0.15) is 11.1 Å². The third-order valence-electron chi connectivity index (χ3n) is 2.91. The zero-order chi connectivity index (χ0) is 13.8. The van der Waals surface area contributed by atoms with Gasteiger partial charge < -0.3 is 10.6 Å². The number of hydrogen-bond acceptors (Lipinski definition) is 2. The molecule has 0 saturated heterocycles. The van der Waals surface area contributed by atoms with E-state index in [1.54, 1.807) is 6.07 Å². The molecule has 0 aromatic heterocycles. The molecule has 0 aliphatic heterocycles. The van der Waals surface area contributed by atoms with Gasteiger partial charge in [-0.25, -0.2) is 0 Å². The Bertz CT molecular complexity index is 584. The Balaban J connectivity index is 2.20. The van der Waals surface area contributed by atoms with Gasteiger partial charge in [0.2, 0.25) is 0 Å². The maximum Gasteiger partial charge on any atom is 0.104 e. The quantitative estimate of drug-likeness (QED) is 0.872. The van der Waals surface area contributed by atoms with Crippen LogP contribution in [0.3, 0.4) is 0 Å². The van der Waals surface area contributed by atoms with E-state index in [-0.39, 0.29) is 0 Å². The summed E-state index contributed by atoms with van der Waals surface area (Å²) in [4.78, 5) is 2.46. The van der Waals surface area contributed by atoms with Crippen molar-refractivity contribution in [2.45, 2.75) is 6.54 Å². The summed E-state index contributed by atoms with van der Waals surface area (Å²) in [6.45, 7) is 0.799. The van der Waals surface area contributed by atoms with E-state index < -0.39 is 0 Å². The van der Waals surface area contributed by atoms with Gasteiger partial charge in [0.25, 0.3) is 0 Å². The van der Waals surface area contributed by atoms with E-state index in [1.165, 1.54) is 5.56 Å². The molecule has 0 bridgehead atoms. The first-order valence-corrected chi connectivity index (χ1v) is 6.71. The summed E-state index contributed by atoms with van der Waals surface area (Å²) in [5.74, 6) is 0. The largest absolute Gasteiger partial charge is 0.389 e. The molecule has 0 radical (unpaired) electrons. The van der Waals surface area contributed by atoms with Crippen LogP contribution in [-0.4, -0.2) is 12.0 Å². The van der Waals surface area contributed by atoms with Crippen LogP contribution in [-0.2, 0) is 6.54 Å². The van der Waals surface area contributed by atoms with Gasteiger partial charge in [0, 0.05) is 19.2 Å². The van der Waals surface area contributed by atoms with Crippen LogP contribution in [0.15, 0.2) is 48.5 Å². The normalized spacial score (nSPS) is 10.2. The average Bonchev–Trinajstić information content (AvgIpc) is 2.39. The third-order valence-corrected chi connectivity index (χ3v) is 3.44. The number of hydrogen-bond donors (Lipinski definition) is 1. The van der Waals surface area contributed by atoms with E-state index in [2.05, 4.69) is 17.0 Å². The second kappa shape index (κ2) is 6.04. The Morgan fingerprint density at radius 2 is 1.89 bits per heavy atom. The minimum absolute atomic E-state index is 0.360. The molecule has 0 aliphatic rings. The first-order chi connectivity index (χ1) is 9.08. The standard InChI is InChI=1S/C15H15ClN2S/c1-18(10-11-5-3-2-4-6-11)14-8-7-12(15(17)19)9-13(14)16/h2-9H,10H2,1H3,(H2,17,19). The lowest BCUT2D eigenvalue weighted by atomic mass is 10.1. The zero-order valence-corrected chi connectivity index (χ0v) is 12.2. The van der Waals surface area contributed by atoms with Crippen molar-refractivity contribution < 1.29 is 0 Å². The van der Waals surface area contributed by atoms with Gasteiger partial charge in [-0.1, -0.05) is 54.2 Å². The van der Waals surface area contributed by atoms with Gasteiger partial charge in [0.15, 0.2) is 0 Å². The Morgan fingerprint density at radius 1 is 1.21 bits per heavy atom. The lowest BCUT2D eigenvalue weighted by molar-refractivity contribution is 0.923. The van der Waals surface area contributed by atoms with Gasteiger partial charge in [0.05, 0.1) is 10.7 Å². The third kappa shape index (κ3) is 3.46. The molecule has 0 heterocycles. The van der Waals surface area contributed by atoms with E-state index in [1.807, 2.05) is 37.4 Å². The molecule has 2 aromatic rings. The van der Waals surface area contributed by atoms with Crippen molar-refractivity contribution in [1.82, 2.24) is 0 Å². The Morgan fingerprint density at radius 3 is 2.47 bits per heavy atom. The van der Waals surface area contributed by atoms with Gasteiger partial charge >= 0.3 is 0 Å². The Hall–Kier alpha value is -1.58. The first kappa shape index (κ1) is 13.8. The lowest BCUT2D eigenvalue weighted by Crippen LogP contribution is -2.17. The molecule has 0 fully saturated rings. The minimum atomic E-state index is 0.360. The first-order valence-electron chi connectivity index (χ1n) is 5.92. The summed E-state index contributed by atoms with van der Waals surface area (Å²) in [5, 5.41) is 0.656. The highest BCUT2D eigenvalue weighted by Gasteiger charge is 2.08. The predicted octanol–water partition coefficient (Wildman–Crippen LogP) is 3.61. The summed E-state index contributed by atoms with van der Waals surface area (Å²) in [6.07, 6.45) is 0. The highest BCUT2D eigenvalue weighted by Crippen LogP contribution is 2.27. The zero-order valence-electron chi connectivity index (χ0n) is 10.6. The molecule has 4 heteroatoms. The van der Waals surface area contributed by atoms with Crippen molar-refractivity contribution in [3.8, 4) is 0 Å². The molecule has 2 rings (SSSR count).